The Labute approximate surface area is 157 Å². The van der Waals surface area contributed by atoms with Gasteiger partial charge in [0.25, 0.3) is 0 Å². The van der Waals surface area contributed by atoms with E-state index < -0.39 is 15.8 Å². The van der Waals surface area contributed by atoms with E-state index in [0.717, 1.165) is 36.8 Å². The van der Waals surface area contributed by atoms with E-state index in [-0.39, 0.29) is 10.6 Å². The molecule has 0 atom stereocenters. The van der Waals surface area contributed by atoms with Gasteiger partial charge in [0.15, 0.2) is 5.82 Å². The molecule has 1 fully saturated rings. The summed E-state index contributed by atoms with van der Waals surface area (Å²) >= 11 is 0. The van der Waals surface area contributed by atoms with Gasteiger partial charge in [0.2, 0.25) is 10.0 Å². The van der Waals surface area contributed by atoms with Crippen LogP contribution in [0, 0.1) is 5.82 Å². The number of aryl methyl sites for hydroxylation is 2. The van der Waals surface area contributed by atoms with Gasteiger partial charge in [0, 0.05) is 26.2 Å². The number of hydrogen-bond donors (Lipinski definition) is 0. The molecule has 1 aliphatic carbocycles. The molecule has 1 aromatic heterocycles. The average Bonchev–Trinajstić information content (AvgIpc) is 3.16. The molecule has 7 nitrogen and oxygen atoms in total. The van der Waals surface area contributed by atoms with E-state index in [0.29, 0.717) is 26.2 Å². The van der Waals surface area contributed by atoms with Crippen molar-refractivity contribution in [1.29, 1.82) is 0 Å². The number of anilines is 1. The summed E-state index contributed by atoms with van der Waals surface area (Å²) in [6.45, 7) is 1.59. The fourth-order valence-electron chi connectivity index (χ4n) is 3.62. The first-order valence-corrected chi connectivity index (χ1v) is 10.4. The van der Waals surface area contributed by atoms with Crippen molar-refractivity contribution in [3.8, 4) is 5.75 Å². The molecule has 1 aromatic carbocycles. The second kappa shape index (κ2) is 7.05. The summed E-state index contributed by atoms with van der Waals surface area (Å²) in [5.41, 5.74) is 2.30. The van der Waals surface area contributed by atoms with E-state index in [1.165, 1.54) is 29.1 Å². The van der Waals surface area contributed by atoms with Crippen molar-refractivity contribution >= 4 is 15.8 Å². The Hall–Kier alpha value is -2.26. The highest BCUT2D eigenvalue weighted by molar-refractivity contribution is 7.89. The van der Waals surface area contributed by atoms with Crippen LogP contribution >= 0.6 is 0 Å². The summed E-state index contributed by atoms with van der Waals surface area (Å²) in [6.07, 6.45) is 3.10. The molecule has 27 heavy (non-hydrogen) atoms. The number of halogens is 1. The van der Waals surface area contributed by atoms with Crippen LogP contribution < -0.4 is 9.64 Å². The quantitative estimate of drug-likeness (QED) is 0.787. The van der Waals surface area contributed by atoms with Gasteiger partial charge in [-0.25, -0.2) is 12.8 Å². The van der Waals surface area contributed by atoms with Gasteiger partial charge in [-0.1, -0.05) is 0 Å². The number of rotatable bonds is 4. The molecule has 0 amide bonds. The fraction of sp³-hybridized carbons (Fsp3) is 0.444. The molecule has 1 aliphatic heterocycles. The molecule has 9 heteroatoms. The van der Waals surface area contributed by atoms with Crippen LogP contribution in [0.15, 0.2) is 29.2 Å². The molecule has 2 aliphatic rings. The maximum atomic E-state index is 13.6. The van der Waals surface area contributed by atoms with Gasteiger partial charge in [-0.3, -0.25) is 0 Å². The highest BCUT2D eigenvalue weighted by Gasteiger charge is 2.32. The number of benzene rings is 1. The van der Waals surface area contributed by atoms with Crippen LogP contribution in [0.4, 0.5) is 10.2 Å². The topological polar surface area (TPSA) is 75.6 Å². The van der Waals surface area contributed by atoms with Crippen molar-refractivity contribution in [3.63, 3.8) is 0 Å². The molecule has 2 heterocycles. The maximum Gasteiger partial charge on any atom is 0.246 e. The number of sulfonamides is 1. The third kappa shape index (κ3) is 3.37. The van der Waals surface area contributed by atoms with E-state index in [1.54, 1.807) is 0 Å². The highest BCUT2D eigenvalue weighted by Crippen LogP contribution is 2.29. The van der Waals surface area contributed by atoms with Crippen molar-refractivity contribution in [2.24, 2.45) is 0 Å². The Morgan fingerprint density at radius 1 is 1.07 bits per heavy atom. The summed E-state index contributed by atoms with van der Waals surface area (Å²) in [5.74, 6) is 0.320. The number of nitrogens with zero attached hydrogens (tertiary/aromatic N) is 4. The number of hydrogen-bond acceptors (Lipinski definition) is 6. The normalized spacial score (nSPS) is 17.8. The van der Waals surface area contributed by atoms with Crippen molar-refractivity contribution < 1.29 is 17.5 Å². The molecule has 0 unspecified atom stereocenters. The van der Waals surface area contributed by atoms with E-state index >= 15 is 0 Å². The number of aromatic nitrogens is 2. The number of fused-ring (bicyclic) bond motifs is 1. The van der Waals surface area contributed by atoms with Crippen molar-refractivity contribution in [2.75, 3.05) is 38.2 Å². The van der Waals surface area contributed by atoms with Crippen LogP contribution in [-0.2, 0) is 22.9 Å². The minimum absolute atomic E-state index is 0.142. The van der Waals surface area contributed by atoms with Crippen LogP contribution in [0.2, 0.25) is 0 Å². The molecule has 1 saturated heterocycles. The lowest BCUT2D eigenvalue weighted by atomic mass is 10.2. The third-order valence-corrected chi connectivity index (χ3v) is 7.03. The van der Waals surface area contributed by atoms with Crippen molar-refractivity contribution in [1.82, 2.24) is 14.5 Å². The van der Waals surface area contributed by atoms with E-state index in [9.17, 15) is 12.8 Å². The molecular weight excluding hydrogens is 371 g/mol. The molecular formula is C18H21FN4O3S. The molecule has 4 rings (SSSR count). The van der Waals surface area contributed by atoms with Gasteiger partial charge in [0.05, 0.1) is 12.8 Å². The SMILES string of the molecule is COc1ccc(F)cc1S(=O)(=O)N1CCN(c2cc3c(nn2)CCC3)CC1. The van der Waals surface area contributed by atoms with Gasteiger partial charge < -0.3 is 9.64 Å². The molecule has 0 N–H and O–H groups in total. The van der Waals surface area contributed by atoms with Gasteiger partial charge >= 0.3 is 0 Å². The Morgan fingerprint density at radius 3 is 2.59 bits per heavy atom. The van der Waals surface area contributed by atoms with Crippen molar-refractivity contribution in [2.45, 2.75) is 24.2 Å². The fourth-order valence-corrected chi connectivity index (χ4v) is 5.21. The third-order valence-electron chi connectivity index (χ3n) is 5.11. The molecule has 2 aromatic rings. The van der Waals surface area contributed by atoms with E-state index in [4.69, 9.17) is 4.74 Å². The van der Waals surface area contributed by atoms with Crippen LogP contribution in [0.25, 0.3) is 0 Å². The molecule has 0 bridgehead atoms. The Bertz CT molecular complexity index is 959. The molecule has 0 saturated carbocycles. The number of methoxy groups -OCH3 is 1. The Kier molecular flexibility index (Phi) is 4.73. The summed E-state index contributed by atoms with van der Waals surface area (Å²) in [5, 5.41) is 8.60. The average molecular weight is 392 g/mol. The first kappa shape index (κ1) is 18.1. The van der Waals surface area contributed by atoms with Gasteiger partial charge in [-0.05, 0) is 49.1 Å². The van der Waals surface area contributed by atoms with Crippen LogP contribution in [0.1, 0.15) is 17.7 Å². The summed E-state index contributed by atoms with van der Waals surface area (Å²) in [6, 6.07) is 5.59. The van der Waals surface area contributed by atoms with Gasteiger partial charge in [0.1, 0.15) is 16.5 Å². The lowest BCUT2D eigenvalue weighted by Crippen LogP contribution is -2.49. The summed E-state index contributed by atoms with van der Waals surface area (Å²) < 4.78 is 46.0. The lowest BCUT2D eigenvalue weighted by molar-refractivity contribution is 0.372. The molecule has 0 spiro atoms. The number of ether oxygens (including phenoxy) is 1. The smallest absolute Gasteiger partial charge is 0.246 e. The summed E-state index contributed by atoms with van der Waals surface area (Å²) in [4.78, 5) is 1.90. The van der Waals surface area contributed by atoms with Gasteiger partial charge in [-0.15, -0.1) is 5.10 Å². The predicted octanol–water partition coefficient (Wildman–Crippen LogP) is 1.62. The van der Waals surface area contributed by atoms with E-state index in [1.807, 2.05) is 4.90 Å². The second-order valence-corrected chi connectivity index (χ2v) is 8.62. The molecule has 0 radical (unpaired) electrons. The van der Waals surface area contributed by atoms with Crippen LogP contribution in [0.3, 0.4) is 0 Å². The first-order chi connectivity index (χ1) is 13.0. The van der Waals surface area contributed by atoms with Gasteiger partial charge in [-0.2, -0.15) is 9.40 Å². The highest BCUT2D eigenvalue weighted by atomic mass is 32.2. The minimum atomic E-state index is -3.84. The minimum Gasteiger partial charge on any atom is -0.495 e. The zero-order chi connectivity index (χ0) is 19.0. The zero-order valence-corrected chi connectivity index (χ0v) is 15.9. The largest absolute Gasteiger partial charge is 0.495 e. The molecule has 144 valence electrons. The zero-order valence-electron chi connectivity index (χ0n) is 15.1. The second-order valence-electron chi connectivity index (χ2n) is 6.71. The Morgan fingerprint density at radius 2 is 1.85 bits per heavy atom. The number of piperazine rings is 1. The monoisotopic (exact) mass is 392 g/mol. The van der Waals surface area contributed by atoms with Crippen LogP contribution in [-0.4, -0.2) is 56.2 Å². The summed E-state index contributed by atoms with van der Waals surface area (Å²) in [7, 11) is -2.47. The standard InChI is InChI=1S/C18H21FN4O3S/c1-26-16-6-5-14(19)12-17(16)27(24,25)23-9-7-22(8-10-23)18-11-13-3-2-4-15(13)20-21-18/h5-6,11-12H,2-4,7-10H2,1H3. The van der Waals surface area contributed by atoms with Crippen molar-refractivity contribution in [3.05, 3.63) is 41.3 Å². The predicted molar refractivity (Wildman–Crippen MR) is 98.0 cm³/mol. The first-order valence-electron chi connectivity index (χ1n) is 8.93. The maximum absolute atomic E-state index is 13.6. The van der Waals surface area contributed by atoms with E-state index in [2.05, 4.69) is 16.3 Å². The Balaban J connectivity index is 1.51. The lowest BCUT2D eigenvalue weighted by Gasteiger charge is -2.34. The van der Waals surface area contributed by atoms with Crippen LogP contribution in [0.5, 0.6) is 5.75 Å².